The minimum absolute atomic E-state index is 0.0585. The van der Waals surface area contributed by atoms with E-state index in [0.29, 0.717) is 11.4 Å². The molecule has 0 bridgehead atoms. The van der Waals surface area contributed by atoms with Gasteiger partial charge in [-0.2, -0.15) is 11.8 Å². The highest BCUT2D eigenvalue weighted by Gasteiger charge is 2.32. The van der Waals surface area contributed by atoms with Gasteiger partial charge < -0.3 is 59.0 Å². The summed E-state index contributed by atoms with van der Waals surface area (Å²) in [6.07, 6.45) is 4.79. The fourth-order valence-electron chi connectivity index (χ4n) is 5.51. The van der Waals surface area contributed by atoms with Gasteiger partial charge in [-0.15, -0.1) is 0 Å². The molecule has 0 aliphatic heterocycles. The number of carbonyl (C=O) groups excluding carboxylic acids is 10. The highest BCUT2D eigenvalue weighted by Crippen LogP contribution is 2.09. The van der Waals surface area contributed by atoms with Crippen LogP contribution in [0.3, 0.4) is 0 Å². The molecule has 1 aromatic rings. The van der Waals surface area contributed by atoms with E-state index in [-0.39, 0.29) is 38.0 Å². The number of primary amides is 2. The zero-order valence-electron chi connectivity index (χ0n) is 35.4. The monoisotopic (exact) mass is 866 g/mol. The first-order valence-electron chi connectivity index (χ1n) is 19.5. The Balaban J connectivity index is 2.97. The molecule has 0 saturated heterocycles. The summed E-state index contributed by atoms with van der Waals surface area (Å²) in [6, 6.07) is -7.98. The van der Waals surface area contributed by atoms with E-state index in [1.807, 2.05) is 20.1 Å². The van der Waals surface area contributed by atoms with Gasteiger partial charge >= 0.3 is 0 Å². The van der Waals surface area contributed by atoms with Gasteiger partial charge in [-0.3, -0.25) is 47.9 Å². The minimum atomic E-state index is -1.25. The Hall–Kier alpha value is -5.74. The van der Waals surface area contributed by atoms with Gasteiger partial charge in [0.05, 0.1) is 12.9 Å². The van der Waals surface area contributed by atoms with Crippen LogP contribution < -0.4 is 54.0 Å². The molecule has 0 unspecified atom stereocenters. The predicted octanol–water partition coefficient (Wildman–Crippen LogP) is -3.27. The quantitative estimate of drug-likeness (QED) is 0.0415. The van der Waals surface area contributed by atoms with Gasteiger partial charge in [-0.05, 0) is 57.0 Å². The lowest BCUT2D eigenvalue weighted by molar-refractivity contribution is -0.135. The van der Waals surface area contributed by atoms with E-state index in [2.05, 4.69) is 52.5 Å². The smallest absolute Gasteiger partial charge is 0.243 e. The average Bonchev–Trinajstić information content (AvgIpc) is 3.67. The largest absolute Gasteiger partial charge is 0.370 e. The van der Waals surface area contributed by atoms with Crippen molar-refractivity contribution < 1.29 is 47.9 Å². The van der Waals surface area contributed by atoms with Crippen molar-refractivity contribution in [2.24, 2.45) is 23.3 Å². The SMILES string of the molecule is CSCC[C@H](NC(=O)[C@H](CC(C)C)NC(=O)[C@H](Cc1cnc[nH]1)NC(=O)CNC(=O)[C@@H](NC(=O)[C@H](C)NC(=O)[C@H](C)NC(=O)[C@H](CCC(N)=O)NC(C)=O)C(C)C)C(N)=O. The third kappa shape index (κ3) is 19.8. The van der Waals surface area contributed by atoms with Crippen molar-refractivity contribution in [2.45, 2.75) is 123 Å². The number of nitrogens with one attached hydrogen (secondary N) is 9. The summed E-state index contributed by atoms with van der Waals surface area (Å²) in [6.45, 7) is 10.2. The lowest BCUT2D eigenvalue weighted by atomic mass is 10.0. The second kappa shape index (κ2) is 26.4. The average molecular weight is 867 g/mol. The fraction of sp³-hybridized carbons (Fsp3) is 0.649. The number of aromatic amines is 1. The molecule has 13 N–H and O–H groups in total. The zero-order chi connectivity index (χ0) is 45.7. The molecule has 10 amide bonds. The van der Waals surface area contributed by atoms with Crippen LogP contribution in [0.15, 0.2) is 12.5 Å². The molecule has 336 valence electrons. The molecule has 60 heavy (non-hydrogen) atoms. The van der Waals surface area contributed by atoms with Crippen molar-refractivity contribution in [3.8, 4) is 0 Å². The third-order valence-corrected chi connectivity index (χ3v) is 9.43. The van der Waals surface area contributed by atoms with Gasteiger partial charge in [-0.25, -0.2) is 4.98 Å². The van der Waals surface area contributed by atoms with E-state index in [1.165, 1.54) is 45.1 Å². The molecule has 22 nitrogen and oxygen atoms in total. The summed E-state index contributed by atoms with van der Waals surface area (Å²) < 4.78 is 0. The highest BCUT2D eigenvalue weighted by atomic mass is 32.2. The Labute approximate surface area is 353 Å². The van der Waals surface area contributed by atoms with E-state index >= 15 is 0 Å². The normalized spacial score (nSPS) is 14.5. The van der Waals surface area contributed by atoms with Crippen LogP contribution in [0, 0.1) is 11.8 Å². The molecule has 23 heteroatoms. The van der Waals surface area contributed by atoms with Crippen LogP contribution in [-0.4, -0.2) is 130 Å². The van der Waals surface area contributed by atoms with Gasteiger partial charge in [0.2, 0.25) is 59.1 Å². The Kier molecular flexibility index (Phi) is 23.0. The number of nitrogens with two attached hydrogens (primary N) is 2. The molecule has 1 aromatic heterocycles. The first-order chi connectivity index (χ1) is 28.0. The van der Waals surface area contributed by atoms with Crippen LogP contribution >= 0.6 is 11.8 Å². The molecule has 0 aliphatic carbocycles. The number of H-pyrrole nitrogens is 1. The second-order valence-corrected chi connectivity index (χ2v) is 16.0. The maximum absolute atomic E-state index is 13.7. The van der Waals surface area contributed by atoms with Gasteiger partial charge in [-0.1, -0.05) is 27.7 Å². The van der Waals surface area contributed by atoms with Crippen molar-refractivity contribution in [2.75, 3.05) is 18.6 Å². The van der Waals surface area contributed by atoms with Crippen molar-refractivity contribution in [1.29, 1.82) is 0 Å². The third-order valence-electron chi connectivity index (χ3n) is 8.79. The van der Waals surface area contributed by atoms with Crippen LogP contribution in [0.4, 0.5) is 0 Å². The Morgan fingerprint density at radius 2 is 1.25 bits per heavy atom. The molecule has 0 aromatic carbocycles. The molecular weight excluding hydrogens is 805 g/mol. The van der Waals surface area contributed by atoms with Crippen molar-refractivity contribution in [1.82, 2.24) is 52.5 Å². The molecule has 0 fully saturated rings. The summed E-state index contributed by atoms with van der Waals surface area (Å²) in [5.74, 6) is -7.11. The summed E-state index contributed by atoms with van der Waals surface area (Å²) in [5.41, 5.74) is 11.1. The Bertz CT molecular complexity index is 1660. The Morgan fingerprint density at radius 1 is 0.683 bits per heavy atom. The van der Waals surface area contributed by atoms with Gasteiger partial charge in [0, 0.05) is 31.7 Å². The number of hydrogen-bond donors (Lipinski definition) is 11. The number of aromatic nitrogens is 2. The predicted molar refractivity (Wildman–Crippen MR) is 221 cm³/mol. The van der Waals surface area contributed by atoms with Crippen LogP contribution in [0.25, 0.3) is 0 Å². The summed E-state index contributed by atoms with van der Waals surface area (Å²) in [7, 11) is 0. The van der Waals surface area contributed by atoms with Gasteiger partial charge in [0.1, 0.15) is 42.3 Å². The van der Waals surface area contributed by atoms with E-state index < -0.39 is 114 Å². The zero-order valence-corrected chi connectivity index (χ0v) is 36.2. The first-order valence-corrected chi connectivity index (χ1v) is 20.8. The molecule has 1 heterocycles. The molecule has 1 rings (SSSR count). The minimum Gasteiger partial charge on any atom is -0.370 e. The molecular formula is C37H62N12O10S. The van der Waals surface area contributed by atoms with Crippen LogP contribution in [-0.2, 0) is 54.4 Å². The number of amides is 10. The maximum Gasteiger partial charge on any atom is 0.243 e. The number of carbonyl (C=O) groups is 10. The molecule has 0 radical (unpaired) electrons. The molecule has 0 spiro atoms. The van der Waals surface area contributed by atoms with E-state index in [9.17, 15) is 47.9 Å². The van der Waals surface area contributed by atoms with Gasteiger partial charge in [0.15, 0.2) is 0 Å². The first kappa shape index (κ1) is 52.3. The van der Waals surface area contributed by atoms with Crippen LogP contribution in [0.5, 0.6) is 0 Å². The van der Waals surface area contributed by atoms with Crippen molar-refractivity contribution in [3.63, 3.8) is 0 Å². The number of hydrogen-bond acceptors (Lipinski definition) is 12. The lowest BCUT2D eigenvalue weighted by Gasteiger charge is -2.26. The number of rotatable bonds is 27. The summed E-state index contributed by atoms with van der Waals surface area (Å²) in [4.78, 5) is 134. The molecule has 0 saturated carbocycles. The highest BCUT2D eigenvalue weighted by molar-refractivity contribution is 7.98. The van der Waals surface area contributed by atoms with E-state index in [4.69, 9.17) is 11.5 Å². The van der Waals surface area contributed by atoms with Gasteiger partial charge in [0.25, 0.3) is 0 Å². The Morgan fingerprint density at radius 3 is 1.77 bits per heavy atom. The van der Waals surface area contributed by atoms with Crippen LogP contribution in [0.1, 0.15) is 79.8 Å². The van der Waals surface area contributed by atoms with E-state index in [0.717, 1.165) is 0 Å². The standard InChI is InChI=1S/C37H62N12O10S/c1-18(2)13-26(35(57)47-24(31(39)53)11-12-60-8)48-36(58)27(14-23-15-40-17-42-23)46-29(52)16-41-37(59)30(19(3)4)49-33(55)21(6)43-32(54)20(5)44-34(56)25(45-22(7)50)9-10-28(38)51/h15,17-21,24-27,30H,9-14,16H2,1-8H3,(H2,38,51)(H2,39,53)(H,40,42)(H,41,59)(H,43,54)(H,44,56)(H,45,50)(H,46,52)(H,47,57)(H,48,58)(H,49,55)/t20-,21-,24-,25-,26-,27-,30-/m0/s1. The van der Waals surface area contributed by atoms with E-state index in [1.54, 1.807) is 13.8 Å². The topological polar surface area (TPSA) is 348 Å². The number of thioether (sulfide) groups is 1. The summed E-state index contributed by atoms with van der Waals surface area (Å²) >= 11 is 1.47. The summed E-state index contributed by atoms with van der Waals surface area (Å²) in [5, 5.41) is 20.1. The number of imidazole rings is 1. The lowest BCUT2D eigenvalue weighted by Crippen LogP contribution is -2.59. The fourth-order valence-corrected chi connectivity index (χ4v) is 5.99. The van der Waals surface area contributed by atoms with Crippen LogP contribution in [0.2, 0.25) is 0 Å². The molecule has 7 atom stereocenters. The van der Waals surface area contributed by atoms with Crippen molar-refractivity contribution in [3.05, 3.63) is 18.2 Å². The maximum atomic E-state index is 13.7. The second-order valence-electron chi connectivity index (χ2n) is 15.0. The molecule has 0 aliphatic rings. The number of nitrogens with zero attached hydrogens (tertiary/aromatic N) is 1. The van der Waals surface area contributed by atoms with Crippen molar-refractivity contribution >= 4 is 70.8 Å².